The van der Waals surface area contributed by atoms with Gasteiger partial charge in [0.1, 0.15) is 17.1 Å². The van der Waals surface area contributed by atoms with E-state index in [1.54, 1.807) is 26.8 Å². The minimum Gasteiger partial charge on any atom is -0.466 e. The van der Waals surface area contributed by atoms with Crippen LogP contribution in [-0.2, 0) is 15.6 Å². The van der Waals surface area contributed by atoms with Gasteiger partial charge in [0.05, 0.1) is 16.5 Å². The van der Waals surface area contributed by atoms with Crippen molar-refractivity contribution >= 4 is 10.0 Å². The lowest BCUT2D eigenvalue weighted by Crippen LogP contribution is -2.39. The summed E-state index contributed by atoms with van der Waals surface area (Å²) in [6.45, 7) is 6.43. The molecular weight excluding hydrogens is 328 g/mol. The molecule has 24 heavy (non-hydrogen) atoms. The summed E-state index contributed by atoms with van der Waals surface area (Å²) in [5.41, 5.74) is -0.00573. The van der Waals surface area contributed by atoms with Gasteiger partial charge in [0.25, 0.3) is 0 Å². The highest BCUT2D eigenvalue weighted by molar-refractivity contribution is 7.89. The second-order valence-electron chi connectivity index (χ2n) is 6.02. The van der Waals surface area contributed by atoms with Gasteiger partial charge in [-0.3, -0.25) is 0 Å². The van der Waals surface area contributed by atoms with Crippen molar-refractivity contribution < 1.29 is 17.9 Å². The number of hydrogen-bond donors (Lipinski definition) is 2. The number of nitriles is 1. The predicted molar refractivity (Wildman–Crippen MR) is 88.8 cm³/mol. The van der Waals surface area contributed by atoms with Crippen molar-refractivity contribution in [2.75, 3.05) is 6.54 Å². The summed E-state index contributed by atoms with van der Waals surface area (Å²) in [5.74, 6) is 1.19. The van der Waals surface area contributed by atoms with E-state index in [-0.39, 0.29) is 11.4 Å². The molecule has 1 heterocycles. The zero-order valence-corrected chi connectivity index (χ0v) is 14.9. The Kier molecular flexibility index (Phi) is 4.85. The maximum Gasteiger partial charge on any atom is 0.240 e. The Hall–Kier alpha value is -2.14. The minimum absolute atomic E-state index is 0.0809. The van der Waals surface area contributed by atoms with E-state index in [0.717, 1.165) is 0 Å². The van der Waals surface area contributed by atoms with Crippen LogP contribution >= 0.6 is 0 Å². The van der Waals surface area contributed by atoms with Crippen LogP contribution in [0.1, 0.15) is 35.1 Å². The zero-order valence-electron chi connectivity index (χ0n) is 14.0. The van der Waals surface area contributed by atoms with Gasteiger partial charge in [-0.1, -0.05) is 0 Å². The first-order chi connectivity index (χ1) is 11.1. The molecule has 1 aromatic carbocycles. The van der Waals surface area contributed by atoms with Crippen molar-refractivity contribution in [3.8, 4) is 6.07 Å². The van der Waals surface area contributed by atoms with Gasteiger partial charge in [-0.15, -0.1) is 0 Å². The molecule has 2 aromatic rings. The first-order valence-corrected chi connectivity index (χ1v) is 8.85. The highest BCUT2D eigenvalue weighted by Crippen LogP contribution is 2.27. The van der Waals surface area contributed by atoms with Gasteiger partial charge in [0.2, 0.25) is 10.0 Å². The van der Waals surface area contributed by atoms with Crippen molar-refractivity contribution in [1.82, 2.24) is 4.72 Å². The third kappa shape index (κ3) is 3.67. The Morgan fingerprint density at radius 3 is 2.46 bits per heavy atom. The van der Waals surface area contributed by atoms with Crippen LogP contribution < -0.4 is 4.72 Å². The van der Waals surface area contributed by atoms with Gasteiger partial charge in [0, 0.05) is 12.1 Å². The first kappa shape index (κ1) is 18.2. The van der Waals surface area contributed by atoms with Crippen molar-refractivity contribution in [1.29, 1.82) is 5.26 Å². The lowest BCUT2D eigenvalue weighted by molar-refractivity contribution is 0.0612. The Morgan fingerprint density at radius 1 is 1.29 bits per heavy atom. The number of sulfonamides is 1. The summed E-state index contributed by atoms with van der Waals surface area (Å²) < 4.78 is 32.8. The summed E-state index contributed by atoms with van der Waals surface area (Å²) in [5, 5.41) is 19.5. The molecule has 0 amide bonds. The molecular formula is C17H20N2O4S. The van der Waals surface area contributed by atoms with E-state index in [9.17, 15) is 13.5 Å². The molecule has 0 radical (unpaired) electrons. The smallest absolute Gasteiger partial charge is 0.240 e. The molecule has 1 atom stereocenters. The highest BCUT2D eigenvalue weighted by Gasteiger charge is 2.30. The van der Waals surface area contributed by atoms with Gasteiger partial charge in [-0.25, -0.2) is 13.1 Å². The van der Waals surface area contributed by atoms with Crippen LogP contribution in [0.25, 0.3) is 0 Å². The van der Waals surface area contributed by atoms with Crippen molar-refractivity contribution in [3.05, 3.63) is 52.5 Å². The lowest BCUT2D eigenvalue weighted by Gasteiger charge is -2.23. The summed E-state index contributed by atoms with van der Waals surface area (Å²) >= 11 is 0. The molecule has 2 N–H and O–H groups in total. The number of nitrogens with one attached hydrogen (secondary N) is 1. The molecule has 0 fully saturated rings. The topological polar surface area (TPSA) is 103 Å². The van der Waals surface area contributed by atoms with Gasteiger partial charge >= 0.3 is 0 Å². The highest BCUT2D eigenvalue weighted by atomic mass is 32.2. The zero-order chi connectivity index (χ0) is 18.1. The van der Waals surface area contributed by atoms with Crippen molar-refractivity contribution in [3.63, 3.8) is 0 Å². The molecule has 0 bridgehead atoms. The molecule has 0 saturated carbocycles. The van der Waals surface area contributed by atoms with Crippen LogP contribution in [-0.4, -0.2) is 20.1 Å². The van der Waals surface area contributed by atoms with Gasteiger partial charge in [0.15, 0.2) is 0 Å². The maximum atomic E-state index is 12.5. The van der Waals surface area contributed by atoms with Crippen molar-refractivity contribution in [2.24, 2.45) is 0 Å². The van der Waals surface area contributed by atoms with Gasteiger partial charge in [-0.05, 0) is 57.5 Å². The van der Waals surface area contributed by atoms with E-state index < -0.39 is 15.6 Å². The number of aliphatic hydroxyl groups is 1. The monoisotopic (exact) mass is 348 g/mol. The standard InChI is InChI=1S/C17H20N2O4S/c1-11-7-14(9-18)5-6-16(11)24(21,22)19-10-17(4,20)15-8-12(2)23-13(15)3/h5-8,19-20H,10H2,1-4H3. The van der Waals surface area contributed by atoms with E-state index >= 15 is 0 Å². The van der Waals surface area contributed by atoms with Crippen LogP contribution in [0.3, 0.4) is 0 Å². The quantitative estimate of drug-likeness (QED) is 0.862. The number of rotatable bonds is 5. The fourth-order valence-corrected chi connectivity index (χ4v) is 3.95. The molecule has 6 nitrogen and oxygen atoms in total. The maximum absolute atomic E-state index is 12.5. The molecule has 0 aliphatic carbocycles. The first-order valence-electron chi connectivity index (χ1n) is 7.37. The summed E-state index contributed by atoms with van der Waals surface area (Å²) in [6.07, 6.45) is 0. The second-order valence-corrected chi connectivity index (χ2v) is 7.75. The Morgan fingerprint density at radius 2 is 1.96 bits per heavy atom. The fourth-order valence-electron chi connectivity index (χ4n) is 2.59. The normalized spacial score (nSPS) is 14.2. The SMILES string of the molecule is Cc1cc(C(C)(O)CNS(=O)(=O)c2ccc(C#N)cc2C)c(C)o1. The predicted octanol–water partition coefficient (Wildman–Crippen LogP) is 2.26. The molecule has 1 aromatic heterocycles. The molecule has 2 rings (SSSR count). The average molecular weight is 348 g/mol. The van der Waals surface area contributed by atoms with Gasteiger partial charge < -0.3 is 9.52 Å². The van der Waals surface area contributed by atoms with Gasteiger partial charge in [-0.2, -0.15) is 5.26 Å². The number of hydrogen-bond acceptors (Lipinski definition) is 5. The molecule has 0 saturated heterocycles. The molecule has 128 valence electrons. The summed E-state index contributed by atoms with van der Waals surface area (Å²) in [6, 6.07) is 8.00. The third-order valence-corrected chi connectivity index (χ3v) is 5.38. The third-order valence-electron chi connectivity index (χ3n) is 3.82. The molecule has 0 aliphatic rings. The lowest BCUT2D eigenvalue weighted by atomic mass is 9.97. The van der Waals surface area contributed by atoms with Crippen LogP contribution in [0.4, 0.5) is 0 Å². The van der Waals surface area contributed by atoms with Crippen LogP contribution in [0.2, 0.25) is 0 Å². The molecule has 7 heteroatoms. The number of furan rings is 1. The van der Waals surface area contributed by atoms with Crippen LogP contribution in [0.15, 0.2) is 33.6 Å². The second kappa shape index (κ2) is 6.40. The Labute approximate surface area is 141 Å². The van der Waals surface area contributed by atoms with E-state index in [0.29, 0.717) is 28.2 Å². The fraction of sp³-hybridized carbons (Fsp3) is 0.353. The Bertz CT molecular complexity index is 905. The molecule has 0 spiro atoms. The van der Waals surface area contributed by atoms with Crippen LogP contribution in [0, 0.1) is 32.1 Å². The largest absolute Gasteiger partial charge is 0.466 e. The number of aryl methyl sites for hydroxylation is 3. The van der Waals surface area contributed by atoms with E-state index in [1.807, 2.05) is 6.07 Å². The number of benzene rings is 1. The van der Waals surface area contributed by atoms with Crippen molar-refractivity contribution in [2.45, 2.75) is 38.2 Å². The van der Waals surface area contributed by atoms with E-state index in [4.69, 9.17) is 9.68 Å². The average Bonchev–Trinajstić information content (AvgIpc) is 2.84. The minimum atomic E-state index is -3.81. The van der Waals surface area contributed by atoms with Crippen LogP contribution in [0.5, 0.6) is 0 Å². The van der Waals surface area contributed by atoms with E-state index in [1.165, 1.54) is 25.1 Å². The Balaban J connectivity index is 2.24. The summed E-state index contributed by atoms with van der Waals surface area (Å²) in [4.78, 5) is 0.0809. The number of nitrogens with zero attached hydrogens (tertiary/aromatic N) is 1. The van der Waals surface area contributed by atoms with E-state index in [2.05, 4.69) is 4.72 Å². The molecule has 1 unspecified atom stereocenters. The molecule has 0 aliphatic heterocycles. The summed E-state index contributed by atoms with van der Waals surface area (Å²) in [7, 11) is -3.81.